The molecule has 5 nitrogen and oxygen atoms in total. The number of nitrogens with zero attached hydrogens (tertiary/aromatic N) is 2. The van der Waals surface area contributed by atoms with E-state index in [-0.39, 0.29) is 12.2 Å². The van der Waals surface area contributed by atoms with Gasteiger partial charge in [-0.15, -0.1) is 0 Å². The molecular weight excluding hydrogens is 398 g/mol. The number of nitrogens with one attached hydrogen (secondary N) is 1. The smallest absolute Gasteiger partial charge is 0.348 e. The van der Waals surface area contributed by atoms with Gasteiger partial charge in [-0.25, -0.2) is 9.78 Å². The fourth-order valence-corrected chi connectivity index (χ4v) is 3.38. The number of ether oxygens (including phenoxy) is 1. The number of imidazole rings is 1. The van der Waals surface area contributed by atoms with E-state index in [1.807, 2.05) is 78.9 Å². The topological polar surface area (TPSA) is 78.8 Å². The first-order chi connectivity index (χ1) is 15.7. The van der Waals surface area contributed by atoms with Gasteiger partial charge in [0.1, 0.15) is 17.5 Å². The molecule has 0 amide bonds. The van der Waals surface area contributed by atoms with Crippen LogP contribution < -0.4 is 0 Å². The maximum absolute atomic E-state index is 11.8. The van der Waals surface area contributed by atoms with Crippen molar-refractivity contribution in [3.05, 3.63) is 96.1 Å². The van der Waals surface area contributed by atoms with Crippen LogP contribution in [-0.4, -0.2) is 22.5 Å². The van der Waals surface area contributed by atoms with Gasteiger partial charge in [-0.3, -0.25) is 0 Å². The van der Waals surface area contributed by atoms with E-state index in [9.17, 15) is 10.1 Å². The van der Waals surface area contributed by atoms with E-state index in [0.29, 0.717) is 0 Å². The summed E-state index contributed by atoms with van der Waals surface area (Å²) in [5.41, 5.74) is 5.51. The lowest BCUT2D eigenvalue weighted by Crippen LogP contribution is -2.05. The van der Waals surface area contributed by atoms with Crippen molar-refractivity contribution in [2.45, 2.75) is 6.92 Å². The first-order valence-electron chi connectivity index (χ1n) is 10.3. The Morgan fingerprint density at radius 3 is 2.16 bits per heavy atom. The molecule has 1 N–H and O–H groups in total. The predicted octanol–water partition coefficient (Wildman–Crippen LogP) is 5.88. The van der Waals surface area contributed by atoms with Crippen LogP contribution in [0.1, 0.15) is 12.5 Å². The third-order valence-corrected chi connectivity index (χ3v) is 4.92. The van der Waals surface area contributed by atoms with Crippen LogP contribution in [0.2, 0.25) is 0 Å². The number of carbonyl (C=O) groups is 1. The number of H-pyrrole nitrogens is 1. The molecule has 32 heavy (non-hydrogen) atoms. The fourth-order valence-electron chi connectivity index (χ4n) is 3.38. The Balaban J connectivity index is 1.71. The van der Waals surface area contributed by atoms with E-state index in [0.717, 1.165) is 39.5 Å². The number of hydrogen-bond donors (Lipinski definition) is 1. The Morgan fingerprint density at radius 1 is 0.938 bits per heavy atom. The molecule has 3 aromatic carbocycles. The van der Waals surface area contributed by atoms with E-state index in [1.165, 1.54) is 6.08 Å². The van der Waals surface area contributed by atoms with Crippen molar-refractivity contribution in [2.24, 2.45) is 0 Å². The van der Waals surface area contributed by atoms with E-state index in [2.05, 4.69) is 17.1 Å². The Morgan fingerprint density at radius 2 is 1.56 bits per heavy atom. The summed E-state index contributed by atoms with van der Waals surface area (Å²) < 4.78 is 4.92. The van der Waals surface area contributed by atoms with Crippen molar-refractivity contribution in [1.29, 1.82) is 5.26 Å². The quantitative estimate of drug-likeness (QED) is 0.240. The van der Waals surface area contributed by atoms with Crippen LogP contribution in [0.5, 0.6) is 0 Å². The van der Waals surface area contributed by atoms with E-state index in [4.69, 9.17) is 9.72 Å². The van der Waals surface area contributed by atoms with Crippen LogP contribution in [0, 0.1) is 11.3 Å². The van der Waals surface area contributed by atoms with Crippen molar-refractivity contribution in [2.75, 3.05) is 6.61 Å². The van der Waals surface area contributed by atoms with Gasteiger partial charge in [0.25, 0.3) is 0 Å². The molecule has 1 aromatic heterocycles. The molecule has 0 aliphatic rings. The van der Waals surface area contributed by atoms with E-state index in [1.54, 1.807) is 6.92 Å². The number of aromatic nitrogens is 2. The van der Waals surface area contributed by atoms with Crippen molar-refractivity contribution >= 4 is 12.0 Å². The number of benzene rings is 3. The van der Waals surface area contributed by atoms with Gasteiger partial charge in [0.15, 0.2) is 0 Å². The van der Waals surface area contributed by atoms with Gasteiger partial charge in [-0.1, -0.05) is 84.9 Å². The second-order valence-corrected chi connectivity index (χ2v) is 7.05. The van der Waals surface area contributed by atoms with Crippen molar-refractivity contribution in [1.82, 2.24) is 9.97 Å². The highest BCUT2D eigenvalue weighted by molar-refractivity contribution is 5.97. The van der Waals surface area contributed by atoms with Crippen LogP contribution in [0.3, 0.4) is 0 Å². The molecule has 5 heteroatoms. The van der Waals surface area contributed by atoms with Crippen LogP contribution in [0.25, 0.3) is 40.0 Å². The SMILES string of the molecule is CCOC(=O)/C(C#N)=C/c1ccc(-c2nc(-c3ccccc3)c(-c3ccccc3)[nH]2)cc1. The van der Waals surface area contributed by atoms with Gasteiger partial charge in [-0.2, -0.15) is 5.26 Å². The molecule has 156 valence electrons. The summed E-state index contributed by atoms with van der Waals surface area (Å²) in [4.78, 5) is 20.2. The average molecular weight is 419 g/mol. The van der Waals surface area contributed by atoms with Crippen molar-refractivity contribution < 1.29 is 9.53 Å². The summed E-state index contributed by atoms with van der Waals surface area (Å²) >= 11 is 0. The molecule has 0 fully saturated rings. The van der Waals surface area contributed by atoms with Gasteiger partial charge in [0.2, 0.25) is 0 Å². The largest absolute Gasteiger partial charge is 0.462 e. The first-order valence-corrected chi connectivity index (χ1v) is 10.3. The van der Waals surface area contributed by atoms with Crippen molar-refractivity contribution in [3.8, 4) is 40.0 Å². The highest BCUT2D eigenvalue weighted by Crippen LogP contribution is 2.33. The van der Waals surface area contributed by atoms with Gasteiger partial charge in [0, 0.05) is 16.7 Å². The van der Waals surface area contributed by atoms with Crippen molar-refractivity contribution in [3.63, 3.8) is 0 Å². The molecule has 0 bridgehead atoms. The van der Waals surface area contributed by atoms with Crippen LogP contribution >= 0.6 is 0 Å². The normalized spacial score (nSPS) is 11.1. The minimum Gasteiger partial charge on any atom is -0.462 e. The molecule has 4 aromatic rings. The first kappa shape index (κ1) is 20.8. The molecule has 0 saturated carbocycles. The van der Waals surface area contributed by atoms with Gasteiger partial charge < -0.3 is 9.72 Å². The lowest BCUT2D eigenvalue weighted by Gasteiger charge is -2.02. The average Bonchev–Trinajstić information content (AvgIpc) is 3.30. The summed E-state index contributed by atoms with van der Waals surface area (Å²) in [6.07, 6.45) is 1.52. The molecule has 0 aliphatic carbocycles. The van der Waals surface area contributed by atoms with E-state index >= 15 is 0 Å². The predicted molar refractivity (Wildman–Crippen MR) is 125 cm³/mol. The van der Waals surface area contributed by atoms with Gasteiger partial charge >= 0.3 is 5.97 Å². The zero-order valence-corrected chi connectivity index (χ0v) is 17.6. The third-order valence-electron chi connectivity index (χ3n) is 4.92. The molecule has 0 spiro atoms. The second kappa shape index (κ2) is 9.59. The fraction of sp³-hybridized carbons (Fsp3) is 0.0741. The number of nitriles is 1. The highest BCUT2D eigenvalue weighted by atomic mass is 16.5. The number of hydrogen-bond acceptors (Lipinski definition) is 4. The third kappa shape index (κ3) is 4.50. The monoisotopic (exact) mass is 419 g/mol. The summed E-state index contributed by atoms with van der Waals surface area (Å²) in [7, 11) is 0. The minimum atomic E-state index is -0.620. The van der Waals surface area contributed by atoms with Crippen LogP contribution in [-0.2, 0) is 9.53 Å². The number of aromatic amines is 1. The number of carbonyl (C=O) groups excluding carboxylic acids is 1. The summed E-state index contributed by atoms with van der Waals surface area (Å²) in [6.45, 7) is 1.93. The molecule has 0 radical (unpaired) electrons. The zero-order chi connectivity index (χ0) is 22.3. The zero-order valence-electron chi connectivity index (χ0n) is 17.6. The number of esters is 1. The number of rotatable bonds is 6. The molecule has 1 heterocycles. The standard InChI is InChI=1S/C27H21N3O2/c1-2-32-27(31)23(18-28)17-19-13-15-22(16-14-19)26-29-24(20-9-5-3-6-10-20)25(30-26)21-11-7-4-8-12-21/h3-17H,2H2,1H3,(H,29,30)/b23-17+. The lowest BCUT2D eigenvalue weighted by molar-refractivity contribution is -0.137. The minimum absolute atomic E-state index is 0.0321. The Hall–Kier alpha value is -4.43. The maximum Gasteiger partial charge on any atom is 0.348 e. The Kier molecular flexibility index (Phi) is 6.24. The molecule has 0 aliphatic heterocycles. The summed E-state index contributed by atoms with van der Waals surface area (Å²) in [5, 5.41) is 9.23. The molecule has 0 unspecified atom stereocenters. The molecule has 0 atom stereocenters. The lowest BCUT2D eigenvalue weighted by atomic mass is 10.1. The molecule has 0 saturated heterocycles. The maximum atomic E-state index is 11.8. The Bertz CT molecular complexity index is 1230. The highest BCUT2D eigenvalue weighted by Gasteiger charge is 2.15. The summed E-state index contributed by atoms with van der Waals surface area (Å²) in [5.74, 6) is 0.120. The van der Waals surface area contributed by atoms with Gasteiger partial charge in [0.05, 0.1) is 18.0 Å². The molecule has 4 rings (SSSR count). The second-order valence-electron chi connectivity index (χ2n) is 7.05. The van der Waals surface area contributed by atoms with Gasteiger partial charge in [-0.05, 0) is 18.6 Å². The van der Waals surface area contributed by atoms with Crippen LogP contribution in [0.4, 0.5) is 0 Å². The van der Waals surface area contributed by atoms with E-state index < -0.39 is 5.97 Å². The summed E-state index contributed by atoms with van der Waals surface area (Å²) in [6, 6.07) is 29.6. The molecular formula is C27H21N3O2. The Labute approximate surface area is 186 Å². The van der Waals surface area contributed by atoms with Crippen LogP contribution in [0.15, 0.2) is 90.5 Å².